The van der Waals surface area contributed by atoms with Crippen LogP contribution < -0.4 is 10.6 Å². The molecular formula is C11H16N4O2. The average molecular weight is 236 g/mol. The number of nitrogens with zero attached hydrogens (tertiary/aromatic N) is 2. The average Bonchev–Trinajstić information content (AvgIpc) is 2.39. The van der Waals surface area contributed by atoms with Gasteiger partial charge in [0.15, 0.2) is 0 Å². The molecule has 17 heavy (non-hydrogen) atoms. The normalized spacial score (nSPS) is 18.6. The second kappa shape index (κ2) is 5.09. The van der Waals surface area contributed by atoms with E-state index in [0.717, 1.165) is 31.6 Å². The molecule has 1 saturated heterocycles. The lowest BCUT2D eigenvalue weighted by atomic mass is 9.76. The van der Waals surface area contributed by atoms with E-state index in [9.17, 15) is 4.79 Å². The van der Waals surface area contributed by atoms with Crippen LogP contribution in [0.2, 0.25) is 0 Å². The predicted molar refractivity (Wildman–Crippen MR) is 61.8 cm³/mol. The highest BCUT2D eigenvalue weighted by Gasteiger charge is 2.35. The summed E-state index contributed by atoms with van der Waals surface area (Å²) in [5, 5.41) is 14.5. The first kappa shape index (κ1) is 11.8. The van der Waals surface area contributed by atoms with E-state index in [1.165, 1.54) is 0 Å². The third-order valence-corrected chi connectivity index (χ3v) is 3.25. The lowest BCUT2D eigenvalue weighted by Crippen LogP contribution is -2.48. The van der Waals surface area contributed by atoms with Crippen molar-refractivity contribution in [3.63, 3.8) is 0 Å². The summed E-state index contributed by atoms with van der Waals surface area (Å²) >= 11 is 0. The SMILES string of the molecule is O=C(O)NCC1(c2cnccn2)CCNCC1. The number of carbonyl (C=O) groups is 1. The fourth-order valence-corrected chi connectivity index (χ4v) is 2.25. The summed E-state index contributed by atoms with van der Waals surface area (Å²) in [5.74, 6) is 0. The van der Waals surface area contributed by atoms with Crippen LogP contribution in [-0.4, -0.2) is 40.8 Å². The van der Waals surface area contributed by atoms with Crippen molar-refractivity contribution in [1.29, 1.82) is 0 Å². The van der Waals surface area contributed by atoms with Crippen molar-refractivity contribution in [1.82, 2.24) is 20.6 Å². The van der Waals surface area contributed by atoms with E-state index in [4.69, 9.17) is 5.11 Å². The maximum Gasteiger partial charge on any atom is 0.404 e. The Labute approximate surface area is 99.5 Å². The van der Waals surface area contributed by atoms with Gasteiger partial charge in [-0.25, -0.2) is 4.79 Å². The summed E-state index contributed by atoms with van der Waals surface area (Å²) in [7, 11) is 0. The van der Waals surface area contributed by atoms with Gasteiger partial charge < -0.3 is 15.7 Å². The van der Waals surface area contributed by atoms with Gasteiger partial charge in [-0.15, -0.1) is 0 Å². The van der Waals surface area contributed by atoms with Crippen LogP contribution >= 0.6 is 0 Å². The molecule has 92 valence electrons. The van der Waals surface area contributed by atoms with Gasteiger partial charge in [-0.05, 0) is 25.9 Å². The molecule has 0 bridgehead atoms. The molecule has 0 saturated carbocycles. The van der Waals surface area contributed by atoms with Crippen LogP contribution in [0.4, 0.5) is 4.79 Å². The number of nitrogens with one attached hydrogen (secondary N) is 2. The van der Waals surface area contributed by atoms with Crippen molar-refractivity contribution in [2.24, 2.45) is 0 Å². The molecule has 0 spiro atoms. The highest BCUT2D eigenvalue weighted by molar-refractivity contribution is 5.64. The number of amides is 1. The fraction of sp³-hybridized carbons (Fsp3) is 0.545. The van der Waals surface area contributed by atoms with Gasteiger partial charge in [0.05, 0.1) is 5.69 Å². The Balaban J connectivity index is 2.20. The van der Waals surface area contributed by atoms with Crippen LogP contribution in [0, 0.1) is 0 Å². The number of rotatable bonds is 3. The van der Waals surface area contributed by atoms with E-state index < -0.39 is 6.09 Å². The molecule has 2 rings (SSSR count). The number of hydrogen-bond acceptors (Lipinski definition) is 4. The van der Waals surface area contributed by atoms with E-state index >= 15 is 0 Å². The molecule has 0 aliphatic carbocycles. The Morgan fingerprint density at radius 3 is 2.82 bits per heavy atom. The molecule has 1 aliphatic rings. The van der Waals surface area contributed by atoms with E-state index in [-0.39, 0.29) is 5.41 Å². The monoisotopic (exact) mass is 236 g/mol. The Hall–Kier alpha value is -1.69. The second-order valence-electron chi connectivity index (χ2n) is 4.28. The van der Waals surface area contributed by atoms with Gasteiger partial charge >= 0.3 is 6.09 Å². The van der Waals surface area contributed by atoms with Crippen molar-refractivity contribution in [3.8, 4) is 0 Å². The Morgan fingerprint density at radius 2 is 2.24 bits per heavy atom. The minimum atomic E-state index is -0.994. The summed E-state index contributed by atoms with van der Waals surface area (Å²) in [6.07, 6.45) is 5.75. The van der Waals surface area contributed by atoms with Crippen molar-refractivity contribution in [2.75, 3.05) is 19.6 Å². The molecule has 6 heteroatoms. The fourth-order valence-electron chi connectivity index (χ4n) is 2.25. The molecule has 0 atom stereocenters. The van der Waals surface area contributed by atoms with Gasteiger partial charge in [0, 0.05) is 30.6 Å². The number of aromatic nitrogens is 2. The molecular weight excluding hydrogens is 220 g/mol. The first-order valence-electron chi connectivity index (χ1n) is 5.67. The summed E-state index contributed by atoms with van der Waals surface area (Å²) < 4.78 is 0. The summed E-state index contributed by atoms with van der Waals surface area (Å²) in [5.41, 5.74) is 0.646. The second-order valence-corrected chi connectivity index (χ2v) is 4.28. The number of hydrogen-bond donors (Lipinski definition) is 3. The van der Waals surface area contributed by atoms with Crippen molar-refractivity contribution < 1.29 is 9.90 Å². The zero-order valence-electron chi connectivity index (χ0n) is 9.52. The quantitative estimate of drug-likeness (QED) is 0.705. The zero-order chi connectivity index (χ0) is 12.1. The largest absolute Gasteiger partial charge is 0.465 e. The minimum Gasteiger partial charge on any atom is -0.465 e. The lowest BCUT2D eigenvalue weighted by Gasteiger charge is -2.36. The molecule has 3 N–H and O–H groups in total. The number of piperidine rings is 1. The van der Waals surface area contributed by atoms with Gasteiger partial charge in [-0.3, -0.25) is 9.97 Å². The van der Waals surface area contributed by atoms with Gasteiger partial charge in [0.1, 0.15) is 0 Å². The lowest BCUT2D eigenvalue weighted by molar-refractivity contribution is 0.186. The molecule has 1 amide bonds. The molecule has 0 radical (unpaired) electrons. The van der Waals surface area contributed by atoms with E-state index in [1.807, 2.05) is 0 Å². The maximum atomic E-state index is 10.7. The number of carboxylic acid groups (broad SMARTS) is 1. The van der Waals surface area contributed by atoms with Crippen LogP contribution in [-0.2, 0) is 5.41 Å². The molecule has 2 heterocycles. The minimum absolute atomic E-state index is 0.224. The Kier molecular flexibility index (Phi) is 3.53. The van der Waals surface area contributed by atoms with Gasteiger partial charge in [0.2, 0.25) is 0 Å². The molecule has 6 nitrogen and oxygen atoms in total. The highest BCUT2D eigenvalue weighted by Crippen LogP contribution is 2.30. The Morgan fingerprint density at radius 1 is 1.47 bits per heavy atom. The van der Waals surface area contributed by atoms with Crippen molar-refractivity contribution in [3.05, 3.63) is 24.3 Å². The predicted octanol–water partition coefficient (Wildman–Crippen LogP) is 0.365. The molecule has 1 aromatic heterocycles. The third kappa shape index (κ3) is 2.71. The van der Waals surface area contributed by atoms with Crippen LogP contribution in [0.15, 0.2) is 18.6 Å². The van der Waals surface area contributed by atoms with E-state index in [0.29, 0.717) is 6.54 Å². The van der Waals surface area contributed by atoms with Crippen LogP contribution in [0.3, 0.4) is 0 Å². The molecule has 0 unspecified atom stereocenters. The Bertz CT molecular complexity index is 376. The third-order valence-electron chi connectivity index (χ3n) is 3.25. The van der Waals surface area contributed by atoms with Crippen molar-refractivity contribution >= 4 is 6.09 Å². The van der Waals surface area contributed by atoms with E-state index in [2.05, 4.69) is 20.6 Å². The van der Waals surface area contributed by atoms with Crippen LogP contribution in [0.25, 0.3) is 0 Å². The molecule has 1 fully saturated rings. The molecule has 1 aromatic rings. The van der Waals surface area contributed by atoms with Crippen LogP contribution in [0.5, 0.6) is 0 Å². The van der Waals surface area contributed by atoms with Gasteiger partial charge in [0.25, 0.3) is 0 Å². The van der Waals surface area contributed by atoms with Gasteiger partial charge in [-0.2, -0.15) is 0 Å². The maximum absolute atomic E-state index is 10.7. The van der Waals surface area contributed by atoms with Crippen LogP contribution in [0.1, 0.15) is 18.5 Å². The zero-order valence-corrected chi connectivity index (χ0v) is 9.52. The summed E-state index contributed by atoms with van der Waals surface area (Å²) in [4.78, 5) is 19.1. The smallest absolute Gasteiger partial charge is 0.404 e. The first-order valence-corrected chi connectivity index (χ1v) is 5.67. The van der Waals surface area contributed by atoms with Gasteiger partial charge in [-0.1, -0.05) is 0 Å². The topological polar surface area (TPSA) is 87.1 Å². The van der Waals surface area contributed by atoms with E-state index in [1.54, 1.807) is 18.6 Å². The molecule has 0 aromatic carbocycles. The van der Waals surface area contributed by atoms with Crippen molar-refractivity contribution in [2.45, 2.75) is 18.3 Å². The highest BCUT2D eigenvalue weighted by atomic mass is 16.4. The standard InChI is InChI=1S/C11H16N4O2/c16-10(17)15-8-11(1-3-12-4-2-11)9-7-13-5-6-14-9/h5-7,12,15H,1-4,8H2,(H,16,17). The first-order chi connectivity index (χ1) is 8.23. The molecule has 1 aliphatic heterocycles. The summed E-state index contributed by atoms with van der Waals surface area (Å²) in [6.45, 7) is 2.14. The summed E-state index contributed by atoms with van der Waals surface area (Å²) in [6, 6.07) is 0.